The number of carbonyl (C=O) groups excluding carboxylic acids is 1. The summed E-state index contributed by atoms with van der Waals surface area (Å²) in [6, 6.07) is 7.87. The summed E-state index contributed by atoms with van der Waals surface area (Å²) >= 11 is 0. The Morgan fingerprint density at radius 2 is 2.32 bits per heavy atom. The van der Waals surface area contributed by atoms with Crippen LogP contribution in [0.15, 0.2) is 29.4 Å². The molecule has 0 aromatic heterocycles. The summed E-state index contributed by atoms with van der Waals surface area (Å²) in [7, 11) is 0. The molecule has 1 atom stereocenters. The van der Waals surface area contributed by atoms with Crippen LogP contribution in [0.1, 0.15) is 24.0 Å². The number of nitrogens with two attached hydrogens (primary N) is 1. The van der Waals surface area contributed by atoms with E-state index in [0.717, 1.165) is 12.0 Å². The molecule has 0 spiro atoms. The lowest BCUT2D eigenvalue weighted by Gasteiger charge is -2.28. The van der Waals surface area contributed by atoms with Gasteiger partial charge >= 0.3 is 0 Å². The number of azide groups is 1. The molecule has 6 nitrogen and oxygen atoms in total. The standard InChI is InChI=1S/C13H17N5O/c14-12(19)13(16-8-3-9-17-18-15)7-6-10-4-1-2-5-11(10)13/h1-2,4-5,16H,3,6-9H2,(H2,14,19). The highest BCUT2D eigenvalue weighted by molar-refractivity contribution is 5.87. The van der Waals surface area contributed by atoms with Crippen molar-refractivity contribution in [1.29, 1.82) is 0 Å². The molecule has 1 aromatic rings. The Labute approximate surface area is 111 Å². The van der Waals surface area contributed by atoms with E-state index >= 15 is 0 Å². The number of primary amides is 1. The van der Waals surface area contributed by atoms with E-state index in [4.69, 9.17) is 11.3 Å². The van der Waals surface area contributed by atoms with Gasteiger partial charge in [-0.2, -0.15) is 0 Å². The average Bonchev–Trinajstić information content (AvgIpc) is 2.79. The van der Waals surface area contributed by atoms with Crippen LogP contribution in [0.5, 0.6) is 0 Å². The Hall–Kier alpha value is -2.04. The van der Waals surface area contributed by atoms with Crippen molar-refractivity contribution in [3.8, 4) is 0 Å². The summed E-state index contributed by atoms with van der Waals surface area (Å²) in [6.07, 6.45) is 2.22. The Bertz CT molecular complexity index is 524. The predicted octanol–water partition coefficient (Wildman–Crippen LogP) is 1.60. The van der Waals surface area contributed by atoms with Gasteiger partial charge in [0.2, 0.25) is 5.91 Å². The second-order valence-corrected chi connectivity index (χ2v) is 4.66. The van der Waals surface area contributed by atoms with E-state index in [1.54, 1.807) is 0 Å². The summed E-state index contributed by atoms with van der Waals surface area (Å²) in [6.45, 7) is 1.01. The highest BCUT2D eigenvalue weighted by Gasteiger charge is 2.43. The first-order chi connectivity index (χ1) is 9.20. The lowest BCUT2D eigenvalue weighted by molar-refractivity contribution is -0.124. The molecule has 0 saturated heterocycles. The molecule has 0 bridgehead atoms. The Morgan fingerprint density at radius 1 is 1.53 bits per heavy atom. The molecular weight excluding hydrogens is 242 g/mol. The number of hydrogen-bond acceptors (Lipinski definition) is 3. The second kappa shape index (κ2) is 5.73. The van der Waals surface area contributed by atoms with Crippen molar-refractivity contribution in [3.05, 3.63) is 45.8 Å². The third-order valence-corrected chi connectivity index (χ3v) is 3.59. The van der Waals surface area contributed by atoms with Gasteiger partial charge in [0.05, 0.1) is 0 Å². The molecule has 3 N–H and O–H groups in total. The first kappa shape index (κ1) is 13.4. The first-order valence-corrected chi connectivity index (χ1v) is 6.35. The van der Waals surface area contributed by atoms with Crippen molar-refractivity contribution >= 4 is 5.91 Å². The number of aryl methyl sites for hydroxylation is 1. The molecule has 6 heteroatoms. The molecule has 0 radical (unpaired) electrons. The maximum atomic E-state index is 11.9. The zero-order valence-corrected chi connectivity index (χ0v) is 10.7. The van der Waals surface area contributed by atoms with E-state index in [-0.39, 0.29) is 5.91 Å². The summed E-state index contributed by atoms with van der Waals surface area (Å²) < 4.78 is 0. The minimum atomic E-state index is -0.771. The summed E-state index contributed by atoms with van der Waals surface area (Å²) in [5, 5.41) is 6.72. The summed E-state index contributed by atoms with van der Waals surface area (Å²) in [5.74, 6) is -0.346. The second-order valence-electron chi connectivity index (χ2n) is 4.66. The average molecular weight is 259 g/mol. The number of carbonyl (C=O) groups is 1. The van der Waals surface area contributed by atoms with Crippen molar-refractivity contribution in [3.63, 3.8) is 0 Å². The zero-order chi connectivity index (χ0) is 13.7. The van der Waals surface area contributed by atoms with Crippen LogP contribution in [-0.4, -0.2) is 19.0 Å². The van der Waals surface area contributed by atoms with Crippen LogP contribution >= 0.6 is 0 Å². The highest BCUT2D eigenvalue weighted by Crippen LogP contribution is 2.36. The van der Waals surface area contributed by atoms with Gasteiger partial charge in [0, 0.05) is 11.5 Å². The van der Waals surface area contributed by atoms with Gasteiger partial charge in [0.25, 0.3) is 0 Å². The summed E-state index contributed by atoms with van der Waals surface area (Å²) in [5.41, 5.74) is 15.2. The molecule has 0 fully saturated rings. The third-order valence-electron chi connectivity index (χ3n) is 3.59. The van der Waals surface area contributed by atoms with Crippen molar-refractivity contribution in [2.45, 2.75) is 24.8 Å². The maximum absolute atomic E-state index is 11.9. The van der Waals surface area contributed by atoms with Gasteiger partial charge in [-0.25, -0.2) is 0 Å². The Balaban J connectivity index is 2.12. The van der Waals surface area contributed by atoms with E-state index in [1.165, 1.54) is 5.56 Å². The van der Waals surface area contributed by atoms with Crippen LogP contribution in [0.4, 0.5) is 0 Å². The Morgan fingerprint density at radius 3 is 3.05 bits per heavy atom. The molecular formula is C13H17N5O. The SMILES string of the molecule is [N-]=[N+]=NCCCNC1(C(N)=O)CCc2ccccc21. The molecule has 1 unspecified atom stereocenters. The quantitative estimate of drug-likeness (QED) is 0.350. The van der Waals surface area contributed by atoms with Crippen LogP contribution < -0.4 is 11.1 Å². The molecule has 1 aromatic carbocycles. The molecule has 1 aliphatic rings. The van der Waals surface area contributed by atoms with E-state index in [9.17, 15) is 4.79 Å². The van der Waals surface area contributed by atoms with Crippen LogP contribution in [0.2, 0.25) is 0 Å². The van der Waals surface area contributed by atoms with E-state index in [0.29, 0.717) is 25.9 Å². The van der Waals surface area contributed by atoms with E-state index in [2.05, 4.69) is 15.3 Å². The summed E-state index contributed by atoms with van der Waals surface area (Å²) in [4.78, 5) is 14.6. The molecule has 0 aliphatic heterocycles. The largest absolute Gasteiger partial charge is 0.368 e. The molecule has 19 heavy (non-hydrogen) atoms. The van der Waals surface area contributed by atoms with Crippen molar-refractivity contribution in [1.82, 2.24) is 5.32 Å². The van der Waals surface area contributed by atoms with E-state index in [1.807, 2.05) is 24.3 Å². The first-order valence-electron chi connectivity index (χ1n) is 6.35. The monoisotopic (exact) mass is 259 g/mol. The fourth-order valence-electron chi connectivity index (χ4n) is 2.63. The maximum Gasteiger partial charge on any atom is 0.242 e. The molecule has 0 heterocycles. The number of rotatable bonds is 6. The van der Waals surface area contributed by atoms with Gasteiger partial charge in [0.1, 0.15) is 5.54 Å². The highest BCUT2D eigenvalue weighted by atomic mass is 16.1. The molecule has 0 saturated carbocycles. The number of nitrogens with zero attached hydrogens (tertiary/aromatic N) is 3. The van der Waals surface area contributed by atoms with Gasteiger partial charge in [-0.05, 0) is 42.5 Å². The molecule has 1 aliphatic carbocycles. The third kappa shape index (κ3) is 2.54. The minimum Gasteiger partial charge on any atom is -0.368 e. The molecule has 100 valence electrons. The van der Waals surface area contributed by atoms with Crippen molar-refractivity contribution in [2.75, 3.05) is 13.1 Å². The smallest absolute Gasteiger partial charge is 0.242 e. The van der Waals surface area contributed by atoms with E-state index < -0.39 is 5.54 Å². The van der Waals surface area contributed by atoms with Crippen LogP contribution in [-0.2, 0) is 16.8 Å². The lowest BCUT2D eigenvalue weighted by Crippen LogP contribution is -2.51. The van der Waals surface area contributed by atoms with Gasteiger partial charge in [-0.3, -0.25) is 10.1 Å². The molecule has 2 rings (SSSR count). The number of nitrogens with one attached hydrogen (secondary N) is 1. The van der Waals surface area contributed by atoms with Gasteiger partial charge < -0.3 is 5.73 Å². The topological polar surface area (TPSA) is 104 Å². The number of amides is 1. The van der Waals surface area contributed by atoms with Crippen LogP contribution in [0, 0.1) is 0 Å². The van der Waals surface area contributed by atoms with Gasteiger partial charge in [-0.15, -0.1) is 0 Å². The minimum absolute atomic E-state index is 0.346. The number of fused-ring (bicyclic) bond motifs is 1. The van der Waals surface area contributed by atoms with Crippen LogP contribution in [0.25, 0.3) is 10.4 Å². The fraction of sp³-hybridized carbons (Fsp3) is 0.462. The van der Waals surface area contributed by atoms with Crippen molar-refractivity contribution in [2.24, 2.45) is 10.8 Å². The fourth-order valence-corrected chi connectivity index (χ4v) is 2.63. The predicted molar refractivity (Wildman–Crippen MR) is 72.3 cm³/mol. The lowest BCUT2D eigenvalue weighted by atomic mass is 9.91. The van der Waals surface area contributed by atoms with Gasteiger partial charge in [-0.1, -0.05) is 29.4 Å². The normalized spacial score (nSPS) is 20.6. The Kier molecular flexibility index (Phi) is 4.04. The van der Waals surface area contributed by atoms with Crippen LogP contribution in [0.3, 0.4) is 0 Å². The number of hydrogen-bond donors (Lipinski definition) is 2. The zero-order valence-electron chi connectivity index (χ0n) is 10.7. The molecule has 1 amide bonds. The number of benzene rings is 1. The van der Waals surface area contributed by atoms with Gasteiger partial charge in [0.15, 0.2) is 0 Å². The van der Waals surface area contributed by atoms with Crippen molar-refractivity contribution < 1.29 is 4.79 Å².